The lowest BCUT2D eigenvalue weighted by Gasteiger charge is -2.00. The van der Waals surface area contributed by atoms with Crippen LogP contribution in [-0.4, -0.2) is 4.98 Å². The average molecular weight is 190 g/mol. The van der Waals surface area contributed by atoms with E-state index < -0.39 is 0 Å². The molecular formula is C11H14N2O. The third-order valence-corrected chi connectivity index (χ3v) is 2.39. The molecule has 2 N–H and O–H groups in total. The van der Waals surface area contributed by atoms with Crippen molar-refractivity contribution in [2.24, 2.45) is 5.73 Å². The van der Waals surface area contributed by atoms with E-state index in [1.807, 2.05) is 32.0 Å². The van der Waals surface area contributed by atoms with E-state index in [2.05, 4.69) is 4.98 Å². The highest BCUT2D eigenvalue weighted by Gasteiger charge is 2.12. The predicted molar refractivity (Wildman–Crippen MR) is 56.0 cm³/mol. The van der Waals surface area contributed by atoms with Gasteiger partial charge in [0.2, 0.25) is 5.89 Å². The summed E-state index contributed by atoms with van der Waals surface area (Å²) in [5, 5.41) is 0. The van der Waals surface area contributed by atoms with Gasteiger partial charge in [0, 0.05) is 0 Å². The fourth-order valence-corrected chi connectivity index (χ4v) is 1.44. The number of aromatic nitrogens is 1. The van der Waals surface area contributed by atoms with Crippen LogP contribution in [0.5, 0.6) is 0 Å². The number of nitrogens with two attached hydrogens (primary N) is 1. The van der Waals surface area contributed by atoms with Crippen LogP contribution in [-0.2, 0) is 0 Å². The van der Waals surface area contributed by atoms with E-state index in [-0.39, 0.29) is 6.04 Å². The van der Waals surface area contributed by atoms with Gasteiger partial charge in [-0.15, -0.1) is 0 Å². The smallest absolute Gasteiger partial charge is 0.212 e. The van der Waals surface area contributed by atoms with Crippen LogP contribution >= 0.6 is 0 Å². The van der Waals surface area contributed by atoms with Gasteiger partial charge in [-0.1, -0.05) is 19.1 Å². The Morgan fingerprint density at radius 2 is 2.29 bits per heavy atom. The van der Waals surface area contributed by atoms with E-state index in [0.717, 1.165) is 23.1 Å². The number of aryl methyl sites for hydroxylation is 1. The molecule has 74 valence electrons. The summed E-state index contributed by atoms with van der Waals surface area (Å²) in [6.07, 6.45) is 0.839. The molecule has 1 heterocycles. The van der Waals surface area contributed by atoms with Gasteiger partial charge in [-0.3, -0.25) is 0 Å². The first-order chi connectivity index (χ1) is 6.72. The van der Waals surface area contributed by atoms with Crippen LogP contribution in [0, 0.1) is 6.92 Å². The van der Waals surface area contributed by atoms with Crippen molar-refractivity contribution in [1.29, 1.82) is 0 Å². The second-order valence-corrected chi connectivity index (χ2v) is 3.49. The molecule has 1 aromatic carbocycles. The first-order valence-corrected chi connectivity index (χ1v) is 4.84. The molecule has 0 spiro atoms. The first-order valence-electron chi connectivity index (χ1n) is 4.84. The van der Waals surface area contributed by atoms with Crippen molar-refractivity contribution in [3.8, 4) is 0 Å². The van der Waals surface area contributed by atoms with E-state index in [4.69, 9.17) is 10.2 Å². The molecule has 0 fully saturated rings. The van der Waals surface area contributed by atoms with E-state index >= 15 is 0 Å². The van der Waals surface area contributed by atoms with Gasteiger partial charge in [0.15, 0.2) is 5.58 Å². The SMILES string of the molecule is CCC(N)c1nc2c(C)cccc2o1. The van der Waals surface area contributed by atoms with Gasteiger partial charge < -0.3 is 10.2 Å². The highest BCUT2D eigenvalue weighted by Crippen LogP contribution is 2.22. The largest absolute Gasteiger partial charge is 0.439 e. The van der Waals surface area contributed by atoms with Gasteiger partial charge >= 0.3 is 0 Å². The standard InChI is InChI=1S/C11H14N2O/c1-3-8(12)11-13-10-7(2)5-4-6-9(10)14-11/h4-6,8H,3,12H2,1-2H3. The lowest BCUT2D eigenvalue weighted by molar-refractivity contribution is 0.469. The average Bonchev–Trinajstić information content (AvgIpc) is 2.62. The monoisotopic (exact) mass is 190 g/mol. The van der Waals surface area contributed by atoms with Crippen LogP contribution < -0.4 is 5.73 Å². The Bertz CT molecular complexity index is 447. The Balaban J connectivity index is 2.56. The van der Waals surface area contributed by atoms with Crippen molar-refractivity contribution in [2.75, 3.05) is 0 Å². The number of hydrogen-bond donors (Lipinski definition) is 1. The molecule has 2 rings (SSSR count). The Kier molecular flexibility index (Phi) is 2.25. The quantitative estimate of drug-likeness (QED) is 0.791. The normalized spacial score (nSPS) is 13.4. The van der Waals surface area contributed by atoms with Gasteiger partial charge in [0.1, 0.15) is 5.52 Å². The molecule has 3 nitrogen and oxygen atoms in total. The van der Waals surface area contributed by atoms with E-state index in [1.165, 1.54) is 0 Å². The summed E-state index contributed by atoms with van der Waals surface area (Å²) in [5.74, 6) is 0.636. The van der Waals surface area contributed by atoms with Crippen LogP contribution in [0.15, 0.2) is 22.6 Å². The molecule has 0 saturated carbocycles. The minimum Gasteiger partial charge on any atom is -0.439 e. The predicted octanol–water partition coefficient (Wildman–Crippen LogP) is 2.55. The second kappa shape index (κ2) is 3.42. The lowest BCUT2D eigenvalue weighted by Crippen LogP contribution is -2.08. The summed E-state index contributed by atoms with van der Waals surface area (Å²) in [6, 6.07) is 5.80. The summed E-state index contributed by atoms with van der Waals surface area (Å²) in [7, 11) is 0. The fraction of sp³-hybridized carbons (Fsp3) is 0.364. The lowest BCUT2D eigenvalue weighted by atomic mass is 10.2. The number of fused-ring (bicyclic) bond motifs is 1. The zero-order chi connectivity index (χ0) is 10.1. The molecule has 0 aliphatic rings. The topological polar surface area (TPSA) is 52.0 Å². The number of nitrogens with zero attached hydrogens (tertiary/aromatic N) is 1. The third kappa shape index (κ3) is 1.40. The van der Waals surface area contributed by atoms with E-state index in [9.17, 15) is 0 Å². The molecule has 0 bridgehead atoms. The Morgan fingerprint density at radius 1 is 1.50 bits per heavy atom. The van der Waals surface area contributed by atoms with Crippen molar-refractivity contribution in [3.05, 3.63) is 29.7 Å². The molecule has 1 unspecified atom stereocenters. The summed E-state index contributed by atoms with van der Waals surface area (Å²) in [5.41, 5.74) is 8.72. The Hall–Kier alpha value is -1.35. The first kappa shape index (κ1) is 9.21. The minimum atomic E-state index is -0.0956. The van der Waals surface area contributed by atoms with Gasteiger partial charge in [0.05, 0.1) is 6.04 Å². The Morgan fingerprint density at radius 3 is 2.93 bits per heavy atom. The van der Waals surface area contributed by atoms with Crippen LogP contribution in [0.4, 0.5) is 0 Å². The van der Waals surface area contributed by atoms with Crippen molar-refractivity contribution >= 4 is 11.1 Å². The number of benzene rings is 1. The summed E-state index contributed by atoms with van der Waals surface area (Å²) >= 11 is 0. The summed E-state index contributed by atoms with van der Waals surface area (Å²) < 4.78 is 5.57. The number of rotatable bonds is 2. The van der Waals surface area contributed by atoms with E-state index in [0.29, 0.717) is 5.89 Å². The summed E-state index contributed by atoms with van der Waals surface area (Å²) in [4.78, 5) is 4.39. The van der Waals surface area contributed by atoms with Crippen molar-refractivity contribution in [3.63, 3.8) is 0 Å². The third-order valence-electron chi connectivity index (χ3n) is 2.39. The number of oxazole rings is 1. The van der Waals surface area contributed by atoms with Crippen molar-refractivity contribution in [2.45, 2.75) is 26.3 Å². The highest BCUT2D eigenvalue weighted by atomic mass is 16.3. The highest BCUT2D eigenvalue weighted by molar-refractivity contribution is 5.76. The van der Waals surface area contributed by atoms with Crippen LogP contribution in [0.2, 0.25) is 0 Å². The van der Waals surface area contributed by atoms with E-state index in [1.54, 1.807) is 0 Å². The fourth-order valence-electron chi connectivity index (χ4n) is 1.44. The second-order valence-electron chi connectivity index (χ2n) is 3.49. The minimum absolute atomic E-state index is 0.0956. The zero-order valence-electron chi connectivity index (χ0n) is 8.45. The molecule has 2 aromatic rings. The molecule has 0 amide bonds. The molecule has 0 aliphatic carbocycles. The molecule has 14 heavy (non-hydrogen) atoms. The molecule has 0 radical (unpaired) electrons. The molecule has 0 aliphatic heterocycles. The van der Waals surface area contributed by atoms with Crippen LogP contribution in [0.25, 0.3) is 11.1 Å². The Labute approximate surface area is 82.9 Å². The van der Waals surface area contributed by atoms with Crippen molar-refractivity contribution in [1.82, 2.24) is 4.98 Å². The van der Waals surface area contributed by atoms with Crippen molar-refractivity contribution < 1.29 is 4.42 Å². The molecule has 1 aromatic heterocycles. The maximum atomic E-state index is 5.85. The van der Waals surface area contributed by atoms with Gasteiger partial charge in [-0.05, 0) is 25.0 Å². The number of para-hydroxylation sites is 1. The maximum absolute atomic E-state index is 5.85. The summed E-state index contributed by atoms with van der Waals surface area (Å²) in [6.45, 7) is 4.04. The molecular weight excluding hydrogens is 176 g/mol. The van der Waals surface area contributed by atoms with Gasteiger partial charge in [-0.2, -0.15) is 0 Å². The van der Waals surface area contributed by atoms with Gasteiger partial charge in [-0.25, -0.2) is 4.98 Å². The van der Waals surface area contributed by atoms with Crippen LogP contribution in [0.3, 0.4) is 0 Å². The maximum Gasteiger partial charge on any atom is 0.212 e. The van der Waals surface area contributed by atoms with Crippen LogP contribution in [0.1, 0.15) is 30.8 Å². The molecule has 0 saturated heterocycles. The number of hydrogen-bond acceptors (Lipinski definition) is 3. The zero-order valence-corrected chi connectivity index (χ0v) is 8.45. The van der Waals surface area contributed by atoms with Gasteiger partial charge in [0.25, 0.3) is 0 Å². The molecule has 3 heteroatoms. The molecule has 1 atom stereocenters.